The summed E-state index contributed by atoms with van der Waals surface area (Å²) in [4.78, 5) is 0. The van der Waals surface area contributed by atoms with Crippen molar-refractivity contribution in [1.29, 1.82) is 0 Å². The zero-order chi connectivity index (χ0) is 11.7. The summed E-state index contributed by atoms with van der Waals surface area (Å²) < 4.78 is 14.5. The molecule has 1 N–H and O–H groups in total. The Balaban J connectivity index is 2.03. The van der Waals surface area contributed by atoms with Gasteiger partial charge in [-0.3, -0.25) is 0 Å². The molecule has 0 aromatic heterocycles. The van der Waals surface area contributed by atoms with Crippen molar-refractivity contribution in [2.75, 3.05) is 0 Å². The summed E-state index contributed by atoms with van der Waals surface area (Å²) >= 11 is 3.38. The van der Waals surface area contributed by atoms with Gasteiger partial charge < -0.3 is 5.32 Å². The minimum Gasteiger partial charge on any atom is -0.307 e. The molecule has 3 atom stereocenters. The van der Waals surface area contributed by atoms with E-state index in [-0.39, 0.29) is 11.9 Å². The highest BCUT2D eigenvalue weighted by molar-refractivity contribution is 9.10. The predicted octanol–water partition coefficient (Wildman–Crippen LogP) is 4.04. The lowest BCUT2D eigenvalue weighted by molar-refractivity contribution is 0.508. The van der Waals surface area contributed by atoms with E-state index in [2.05, 4.69) is 28.2 Å². The molecule has 1 fully saturated rings. The lowest BCUT2D eigenvalue weighted by atomic mass is 10.1. The summed E-state index contributed by atoms with van der Waals surface area (Å²) in [6.07, 6.45) is 2.45. The third kappa shape index (κ3) is 2.64. The first-order valence-electron chi connectivity index (χ1n) is 5.82. The van der Waals surface area contributed by atoms with Crippen molar-refractivity contribution in [2.45, 2.75) is 38.8 Å². The summed E-state index contributed by atoms with van der Waals surface area (Å²) in [5.41, 5.74) is 0.746. The van der Waals surface area contributed by atoms with Crippen LogP contribution in [0.4, 0.5) is 4.39 Å². The normalized spacial score (nSPS) is 25.5. The molecule has 88 valence electrons. The van der Waals surface area contributed by atoms with Crippen LogP contribution < -0.4 is 5.32 Å². The van der Waals surface area contributed by atoms with Crippen molar-refractivity contribution in [3.63, 3.8) is 0 Å². The van der Waals surface area contributed by atoms with Crippen LogP contribution in [0.5, 0.6) is 0 Å². The molecule has 3 unspecified atom stereocenters. The number of hydrogen-bond donors (Lipinski definition) is 1. The molecular weight excluding hydrogens is 269 g/mol. The average molecular weight is 286 g/mol. The molecule has 2 rings (SSSR count). The summed E-state index contributed by atoms with van der Waals surface area (Å²) in [6.45, 7) is 4.23. The Morgan fingerprint density at radius 1 is 1.56 bits per heavy atom. The molecule has 1 aliphatic carbocycles. The van der Waals surface area contributed by atoms with Gasteiger partial charge in [0.05, 0.1) is 0 Å². The lowest BCUT2D eigenvalue weighted by Crippen LogP contribution is -2.23. The molecule has 1 aliphatic rings. The fourth-order valence-electron chi connectivity index (χ4n) is 2.16. The van der Waals surface area contributed by atoms with Crippen LogP contribution in [0, 0.1) is 11.7 Å². The molecule has 0 spiro atoms. The molecule has 0 saturated heterocycles. The van der Waals surface area contributed by atoms with Crippen LogP contribution in [-0.2, 0) is 0 Å². The predicted molar refractivity (Wildman–Crippen MR) is 67.8 cm³/mol. The smallest absolute Gasteiger partial charge is 0.128 e. The van der Waals surface area contributed by atoms with Crippen LogP contribution in [0.3, 0.4) is 0 Å². The SMILES string of the molecule is CCC1CC1NC(C)c1cc(Br)ccc1F. The van der Waals surface area contributed by atoms with Gasteiger partial charge >= 0.3 is 0 Å². The quantitative estimate of drug-likeness (QED) is 0.881. The zero-order valence-electron chi connectivity index (χ0n) is 9.63. The van der Waals surface area contributed by atoms with Crippen molar-refractivity contribution in [1.82, 2.24) is 5.32 Å². The number of benzene rings is 1. The Morgan fingerprint density at radius 3 is 2.94 bits per heavy atom. The molecule has 1 saturated carbocycles. The van der Waals surface area contributed by atoms with Gasteiger partial charge in [-0.25, -0.2) is 4.39 Å². The maximum Gasteiger partial charge on any atom is 0.128 e. The van der Waals surface area contributed by atoms with Crippen molar-refractivity contribution in [2.24, 2.45) is 5.92 Å². The van der Waals surface area contributed by atoms with Crippen LogP contribution in [-0.4, -0.2) is 6.04 Å². The van der Waals surface area contributed by atoms with Gasteiger partial charge in [-0.2, -0.15) is 0 Å². The van der Waals surface area contributed by atoms with Gasteiger partial charge in [0.2, 0.25) is 0 Å². The summed E-state index contributed by atoms with van der Waals surface area (Å²) in [6, 6.07) is 5.77. The van der Waals surface area contributed by atoms with Crippen LogP contribution in [0.1, 0.15) is 38.3 Å². The number of halogens is 2. The Kier molecular flexibility index (Phi) is 3.65. The largest absolute Gasteiger partial charge is 0.307 e. The highest BCUT2D eigenvalue weighted by atomic mass is 79.9. The van der Waals surface area contributed by atoms with Crippen LogP contribution >= 0.6 is 15.9 Å². The van der Waals surface area contributed by atoms with E-state index in [0.29, 0.717) is 6.04 Å². The van der Waals surface area contributed by atoms with E-state index < -0.39 is 0 Å². The van der Waals surface area contributed by atoms with E-state index in [4.69, 9.17) is 0 Å². The van der Waals surface area contributed by atoms with E-state index in [1.165, 1.54) is 18.9 Å². The second-order valence-corrected chi connectivity index (χ2v) is 5.48. The van der Waals surface area contributed by atoms with Gasteiger partial charge in [0.15, 0.2) is 0 Å². The molecule has 0 heterocycles. The fraction of sp³-hybridized carbons (Fsp3) is 0.538. The van der Waals surface area contributed by atoms with Crippen molar-refractivity contribution < 1.29 is 4.39 Å². The molecule has 3 heteroatoms. The van der Waals surface area contributed by atoms with Gasteiger partial charge in [0.1, 0.15) is 5.82 Å². The van der Waals surface area contributed by atoms with Crippen molar-refractivity contribution in [3.05, 3.63) is 34.1 Å². The molecule has 0 bridgehead atoms. The van der Waals surface area contributed by atoms with Gasteiger partial charge in [0, 0.05) is 22.1 Å². The van der Waals surface area contributed by atoms with Gasteiger partial charge in [-0.05, 0) is 37.5 Å². The second-order valence-electron chi connectivity index (χ2n) is 4.56. The topological polar surface area (TPSA) is 12.0 Å². The average Bonchev–Trinajstić information content (AvgIpc) is 3.00. The third-order valence-corrected chi connectivity index (χ3v) is 3.83. The van der Waals surface area contributed by atoms with E-state index in [1.807, 2.05) is 13.0 Å². The van der Waals surface area contributed by atoms with Crippen molar-refractivity contribution >= 4 is 15.9 Å². The van der Waals surface area contributed by atoms with E-state index in [1.54, 1.807) is 6.07 Å². The van der Waals surface area contributed by atoms with Crippen LogP contribution in [0.15, 0.2) is 22.7 Å². The maximum absolute atomic E-state index is 13.6. The minimum absolute atomic E-state index is 0.0825. The monoisotopic (exact) mass is 285 g/mol. The summed E-state index contributed by atoms with van der Waals surface area (Å²) in [5.74, 6) is 0.662. The minimum atomic E-state index is -0.128. The summed E-state index contributed by atoms with van der Waals surface area (Å²) in [7, 11) is 0. The first-order valence-corrected chi connectivity index (χ1v) is 6.62. The van der Waals surface area contributed by atoms with Crippen LogP contribution in [0.25, 0.3) is 0 Å². The molecule has 1 aromatic rings. The molecule has 0 aliphatic heterocycles. The number of nitrogens with one attached hydrogen (secondary N) is 1. The van der Waals surface area contributed by atoms with Gasteiger partial charge in [0.25, 0.3) is 0 Å². The maximum atomic E-state index is 13.6. The molecule has 0 radical (unpaired) electrons. The Hall–Kier alpha value is -0.410. The van der Waals surface area contributed by atoms with Gasteiger partial charge in [-0.15, -0.1) is 0 Å². The molecular formula is C13H17BrFN. The first-order chi connectivity index (χ1) is 7.61. The Bertz CT molecular complexity index is 380. The highest BCUT2D eigenvalue weighted by Gasteiger charge is 2.36. The zero-order valence-corrected chi connectivity index (χ0v) is 11.2. The molecule has 0 amide bonds. The van der Waals surface area contributed by atoms with Gasteiger partial charge in [-0.1, -0.05) is 29.3 Å². The van der Waals surface area contributed by atoms with Crippen molar-refractivity contribution in [3.8, 4) is 0 Å². The third-order valence-electron chi connectivity index (χ3n) is 3.34. The molecule has 1 aromatic carbocycles. The van der Waals surface area contributed by atoms with E-state index in [0.717, 1.165) is 16.0 Å². The Morgan fingerprint density at radius 2 is 2.31 bits per heavy atom. The fourth-order valence-corrected chi connectivity index (χ4v) is 2.54. The number of hydrogen-bond acceptors (Lipinski definition) is 1. The standard InChI is InChI=1S/C13H17BrFN/c1-3-9-6-13(9)16-8(2)11-7-10(14)4-5-12(11)15/h4-5,7-9,13,16H,3,6H2,1-2H3. The second kappa shape index (κ2) is 4.84. The number of rotatable bonds is 4. The highest BCUT2D eigenvalue weighted by Crippen LogP contribution is 2.35. The first kappa shape index (κ1) is 12.1. The Labute approximate surface area is 105 Å². The molecule has 16 heavy (non-hydrogen) atoms. The molecule has 1 nitrogen and oxygen atoms in total. The van der Waals surface area contributed by atoms with E-state index in [9.17, 15) is 4.39 Å². The van der Waals surface area contributed by atoms with E-state index >= 15 is 0 Å². The van der Waals surface area contributed by atoms with Crippen LogP contribution in [0.2, 0.25) is 0 Å². The lowest BCUT2D eigenvalue weighted by Gasteiger charge is -2.15. The summed E-state index contributed by atoms with van der Waals surface area (Å²) in [5, 5.41) is 3.48.